The number of halogens is 1. The highest BCUT2D eigenvalue weighted by Crippen LogP contribution is 2.35. The Morgan fingerprint density at radius 2 is 1.88 bits per heavy atom. The lowest BCUT2D eigenvalue weighted by Crippen LogP contribution is -2.43. The second-order valence-electron chi connectivity index (χ2n) is 7.58. The van der Waals surface area contributed by atoms with Crippen LogP contribution < -0.4 is 10.9 Å². The van der Waals surface area contributed by atoms with Gasteiger partial charge in [-0.1, -0.05) is 28.1 Å². The fraction of sp³-hybridized carbons (Fsp3) is 0.208. The summed E-state index contributed by atoms with van der Waals surface area (Å²) in [5.74, 6) is -1.45. The van der Waals surface area contributed by atoms with Crippen molar-refractivity contribution >= 4 is 61.5 Å². The molecule has 0 fully saturated rings. The van der Waals surface area contributed by atoms with Gasteiger partial charge in [0.15, 0.2) is 0 Å². The maximum Gasteiger partial charge on any atom is 0.340 e. The molecule has 2 aromatic carbocycles. The molecule has 4 rings (SSSR count). The number of hydrogen-bond donors (Lipinski definition) is 2. The predicted octanol–water partition coefficient (Wildman–Crippen LogP) is 4.75. The van der Waals surface area contributed by atoms with Gasteiger partial charge >= 0.3 is 11.6 Å². The van der Waals surface area contributed by atoms with E-state index < -0.39 is 23.5 Å². The first kappa shape index (κ1) is 23.1. The first-order valence-corrected chi connectivity index (χ1v) is 12.2. The summed E-state index contributed by atoms with van der Waals surface area (Å²) in [6.45, 7) is 1.75. The third-order valence-electron chi connectivity index (χ3n) is 5.44. The highest BCUT2D eigenvalue weighted by Gasteiger charge is 2.22. The Kier molecular flexibility index (Phi) is 6.62. The van der Waals surface area contributed by atoms with Crippen LogP contribution >= 0.6 is 27.7 Å². The topological polar surface area (TPSA) is 110 Å². The number of benzene rings is 2. The van der Waals surface area contributed by atoms with Crippen LogP contribution in [0.4, 0.5) is 0 Å². The summed E-state index contributed by atoms with van der Waals surface area (Å²) in [5.41, 5.74) is 2.97. The van der Waals surface area contributed by atoms with Gasteiger partial charge in [0, 0.05) is 32.6 Å². The molecule has 170 valence electrons. The van der Waals surface area contributed by atoms with Crippen molar-refractivity contribution in [2.45, 2.75) is 19.4 Å². The van der Waals surface area contributed by atoms with Gasteiger partial charge in [-0.05, 0) is 42.5 Å². The van der Waals surface area contributed by atoms with Gasteiger partial charge < -0.3 is 19.3 Å². The normalized spacial score (nSPS) is 12.2. The molecule has 1 unspecified atom stereocenters. The van der Waals surface area contributed by atoms with E-state index in [1.54, 1.807) is 25.5 Å². The number of rotatable bonds is 7. The van der Waals surface area contributed by atoms with Crippen molar-refractivity contribution in [2.75, 3.05) is 12.0 Å². The predicted molar refractivity (Wildman–Crippen MR) is 132 cm³/mol. The van der Waals surface area contributed by atoms with Crippen LogP contribution in [0.1, 0.15) is 11.1 Å². The van der Waals surface area contributed by atoms with E-state index in [0.717, 1.165) is 21.0 Å². The van der Waals surface area contributed by atoms with Crippen molar-refractivity contribution < 1.29 is 23.5 Å². The summed E-state index contributed by atoms with van der Waals surface area (Å²) in [6, 6.07) is 10.4. The molecule has 0 aliphatic rings. The fourth-order valence-corrected chi connectivity index (χ4v) is 4.54. The van der Waals surface area contributed by atoms with Crippen LogP contribution in [0.15, 0.2) is 60.8 Å². The van der Waals surface area contributed by atoms with Crippen molar-refractivity contribution in [3.05, 3.63) is 68.7 Å². The van der Waals surface area contributed by atoms with Crippen molar-refractivity contribution in [3.63, 3.8) is 0 Å². The molecule has 0 spiro atoms. The van der Waals surface area contributed by atoms with Gasteiger partial charge in [-0.3, -0.25) is 4.79 Å². The van der Waals surface area contributed by atoms with Crippen molar-refractivity contribution in [2.24, 2.45) is 0 Å². The number of furan rings is 1. The number of aryl methyl sites for hydroxylation is 1. The zero-order valence-electron chi connectivity index (χ0n) is 17.8. The Morgan fingerprint density at radius 3 is 2.55 bits per heavy atom. The molecule has 1 amide bonds. The molecule has 2 N–H and O–H groups in total. The second kappa shape index (κ2) is 9.44. The Bertz CT molecular complexity index is 1420. The fourth-order valence-electron chi connectivity index (χ4n) is 3.71. The Balaban J connectivity index is 1.74. The molecule has 0 aliphatic heterocycles. The minimum absolute atomic E-state index is 0.196. The van der Waals surface area contributed by atoms with E-state index in [1.807, 2.05) is 30.3 Å². The molecule has 0 saturated carbocycles. The SMILES string of the molecule is CSCC(NC(=O)Cc1c(C)c2cc3c(-c4ccc(Br)cc4)coc3cc2oc1=O)C(=O)O. The number of fused-ring (bicyclic) bond motifs is 2. The number of carbonyl (C=O) groups is 2. The van der Waals surface area contributed by atoms with Gasteiger partial charge in [0.25, 0.3) is 0 Å². The summed E-state index contributed by atoms with van der Waals surface area (Å²) >= 11 is 4.74. The third kappa shape index (κ3) is 4.69. The second-order valence-corrected chi connectivity index (χ2v) is 9.41. The van der Waals surface area contributed by atoms with Crippen LogP contribution in [-0.2, 0) is 16.0 Å². The Labute approximate surface area is 201 Å². The smallest absolute Gasteiger partial charge is 0.340 e. The molecule has 0 aliphatic carbocycles. The lowest BCUT2D eigenvalue weighted by Gasteiger charge is -2.14. The highest BCUT2D eigenvalue weighted by molar-refractivity contribution is 9.10. The number of amides is 1. The number of carboxylic acid groups (broad SMARTS) is 1. The van der Waals surface area contributed by atoms with E-state index in [-0.39, 0.29) is 17.7 Å². The zero-order valence-corrected chi connectivity index (χ0v) is 20.2. The van der Waals surface area contributed by atoms with Crippen LogP contribution in [0.2, 0.25) is 0 Å². The molecule has 7 nitrogen and oxygen atoms in total. The Hall–Kier alpha value is -3.04. The number of carboxylic acids is 1. The number of thioether (sulfide) groups is 1. The molecule has 0 radical (unpaired) electrons. The number of carbonyl (C=O) groups excluding carboxylic acids is 1. The molecule has 2 aromatic heterocycles. The summed E-state index contributed by atoms with van der Waals surface area (Å²) in [7, 11) is 0. The largest absolute Gasteiger partial charge is 0.480 e. The zero-order chi connectivity index (χ0) is 23.7. The monoisotopic (exact) mass is 529 g/mol. The van der Waals surface area contributed by atoms with E-state index in [1.165, 1.54) is 11.8 Å². The van der Waals surface area contributed by atoms with Gasteiger partial charge in [-0.25, -0.2) is 9.59 Å². The first-order chi connectivity index (χ1) is 15.8. The number of hydrogen-bond acceptors (Lipinski definition) is 6. The molecular formula is C24H20BrNO6S. The van der Waals surface area contributed by atoms with Crippen LogP contribution in [0.3, 0.4) is 0 Å². The van der Waals surface area contributed by atoms with E-state index in [9.17, 15) is 19.5 Å². The van der Waals surface area contributed by atoms with E-state index in [0.29, 0.717) is 22.1 Å². The maximum atomic E-state index is 12.6. The molecule has 0 bridgehead atoms. The molecular weight excluding hydrogens is 510 g/mol. The number of aliphatic carboxylic acids is 1. The first-order valence-electron chi connectivity index (χ1n) is 10.0. The highest BCUT2D eigenvalue weighted by atomic mass is 79.9. The average Bonchev–Trinajstić information content (AvgIpc) is 3.18. The minimum atomic E-state index is -1.12. The van der Waals surface area contributed by atoms with Crippen molar-refractivity contribution in [1.29, 1.82) is 0 Å². The van der Waals surface area contributed by atoms with Crippen LogP contribution in [0.5, 0.6) is 0 Å². The maximum absolute atomic E-state index is 12.6. The molecule has 1 atom stereocenters. The molecule has 2 heterocycles. The van der Waals surface area contributed by atoms with Gasteiger partial charge in [-0.15, -0.1) is 0 Å². The van der Waals surface area contributed by atoms with Crippen molar-refractivity contribution in [3.8, 4) is 11.1 Å². The van der Waals surface area contributed by atoms with Gasteiger partial charge in [0.05, 0.1) is 18.2 Å². The standard InChI is InChI=1S/C24H20BrNO6S/c1-12-15-7-17-18(13-3-5-14(25)6-4-13)10-31-20(17)9-21(15)32-24(30)16(12)8-22(27)26-19(11-33-2)23(28)29/h3-7,9-10,19H,8,11H2,1-2H3,(H,26,27)(H,28,29). The quantitative estimate of drug-likeness (QED) is 0.332. The van der Waals surface area contributed by atoms with E-state index in [2.05, 4.69) is 21.2 Å². The van der Waals surface area contributed by atoms with E-state index >= 15 is 0 Å². The Morgan fingerprint density at radius 1 is 1.15 bits per heavy atom. The lowest BCUT2D eigenvalue weighted by molar-refractivity contribution is -0.141. The molecule has 0 saturated heterocycles. The summed E-state index contributed by atoms with van der Waals surface area (Å²) < 4.78 is 12.2. The summed E-state index contributed by atoms with van der Waals surface area (Å²) in [6.07, 6.45) is 3.14. The van der Waals surface area contributed by atoms with E-state index in [4.69, 9.17) is 8.83 Å². The lowest BCUT2D eigenvalue weighted by atomic mass is 9.99. The molecule has 9 heteroatoms. The van der Waals surface area contributed by atoms with Gasteiger partial charge in [0.1, 0.15) is 17.2 Å². The summed E-state index contributed by atoms with van der Waals surface area (Å²) in [4.78, 5) is 36.5. The average molecular weight is 530 g/mol. The van der Waals surface area contributed by atoms with Crippen LogP contribution in [0, 0.1) is 6.92 Å². The summed E-state index contributed by atoms with van der Waals surface area (Å²) in [5, 5.41) is 13.3. The third-order valence-corrected chi connectivity index (χ3v) is 6.64. The number of nitrogens with one attached hydrogen (secondary N) is 1. The van der Waals surface area contributed by atoms with Crippen molar-refractivity contribution in [1.82, 2.24) is 5.32 Å². The molecule has 33 heavy (non-hydrogen) atoms. The van der Waals surface area contributed by atoms with Crippen LogP contribution in [0.25, 0.3) is 33.1 Å². The molecule has 4 aromatic rings. The minimum Gasteiger partial charge on any atom is -0.480 e. The van der Waals surface area contributed by atoms with Gasteiger partial charge in [-0.2, -0.15) is 11.8 Å². The van der Waals surface area contributed by atoms with Gasteiger partial charge in [0.2, 0.25) is 5.91 Å². The van der Waals surface area contributed by atoms with Crippen LogP contribution in [-0.4, -0.2) is 35.0 Å².